The van der Waals surface area contributed by atoms with Gasteiger partial charge in [0.25, 0.3) is 0 Å². The molecular weight excluding hydrogens is 328 g/mol. The van der Waals surface area contributed by atoms with Crippen LogP contribution in [-0.2, 0) is 4.79 Å². The van der Waals surface area contributed by atoms with Gasteiger partial charge in [0, 0.05) is 11.8 Å². The van der Waals surface area contributed by atoms with Crippen molar-refractivity contribution in [2.24, 2.45) is 0 Å². The number of halogens is 1. The monoisotopic (exact) mass is 348 g/mol. The van der Waals surface area contributed by atoms with Crippen LogP contribution in [0, 0.1) is 13.8 Å². The van der Waals surface area contributed by atoms with Gasteiger partial charge in [-0.1, -0.05) is 17.7 Å². The Bertz CT molecular complexity index is 724. The molecule has 0 aliphatic carbocycles. The number of rotatable bonds is 6. The van der Waals surface area contributed by atoms with E-state index in [9.17, 15) is 4.79 Å². The van der Waals surface area contributed by atoms with Crippen LogP contribution in [0.15, 0.2) is 30.3 Å². The van der Waals surface area contributed by atoms with Gasteiger partial charge in [-0.15, -0.1) is 0 Å². The Morgan fingerprint density at radius 1 is 1.08 bits per heavy atom. The molecule has 2 aromatic carbocycles. The highest BCUT2D eigenvalue weighted by molar-refractivity contribution is 6.33. The molecule has 2 rings (SSSR count). The second-order valence-corrected chi connectivity index (χ2v) is 5.82. The minimum atomic E-state index is -0.182. The van der Waals surface area contributed by atoms with E-state index in [1.165, 1.54) is 0 Å². The van der Waals surface area contributed by atoms with Crippen LogP contribution in [0.2, 0.25) is 5.02 Å². The van der Waals surface area contributed by atoms with Gasteiger partial charge in [-0.2, -0.15) is 0 Å². The van der Waals surface area contributed by atoms with E-state index in [-0.39, 0.29) is 12.5 Å². The van der Waals surface area contributed by atoms with Crippen molar-refractivity contribution in [3.63, 3.8) is 0 Å². The molecule has 0 bridgehead atoms. The van der Waals surface area contributed by atoms with Crippen molar-refractivity contribution in [1.82, 2.24) is 0 Å². The SMILES string of the molecule is COc1ccc(NC(=O)CNc2c(C)cc(C)cc2Cl)cc1OC. The first kappa shape index (κ1) is 17.9. The number of carbonyl (C=O) groups is 1. The van der Waals surface area contributed by atoms with Crippen LogP contribution in [0.1, 0.15) is 11.1 Å². The number of hydrogen-bond donors (Lipinski definition) is 2. The molecule has 1 amide bonds. The average Bonchev–Trinajstić information content (AvgIpc) is 2.53. The largest absolute Gasteiger partial charge is 0.493 e. The van der Waals surface area contributed by atoms with E-state index >= 15 is 0 Å². The smallest absolute Gasteiger partial charge is 0.243 e. The van der Waals surface area contributed by atoms with Crippen LogP contribution in [0.4, 0.5) is 11.4 Å². The Balaban J connectivity index is 2.02. The fourth-order valence-corrected chi connectivity index (χ4v) is 2.82. The summed E-state index contributed by atoms with van der Waals surface area (Å²) in [6, 6.07) is 9.08. The second-order valence-electron chi connectivity index (χ2n) is 5.41. The maximum Gasteiger partial charge on any atom is 0.243 e. The predicted molar refractivity (Wildman–Crippen MR) is 97.6 cm³/mol. The molecular formula is C18H21ClN2O3. The molecule has 0 radical (unpaired) electrons. The van der Waals surface area contributed by atoms with Crippen LogP contribution in [0.3, 0.4) is 0 Å². The fourth-order valence-electron chi connectivity index (χ4n) is 2.43. The summed E-state index contributed by atoms with van der Waals surface area (Å²) in [6.07, 6.45) is 0. The van der Waals surface area contributed by atoms with Gasteiger partial charge in [0.15, 0.2) is 11.5 Å². The van der Waals surface area contributed by atoms with E-state index < -0.39 is 0 Å². The van der Waals surface area contributed by atoms with Gasteiger partial charge in [-0.25, -0.2) is 0 Å². The highest BCUT2D eigenvalue weighted by atomic mass is 35.5. The summed E-state index contributed by atoms with van der Waals surface area (Å²) in [6.45, 7) is 4.04. The number of nitrogens with one attached hydrogen (secondary N) is 2. The van der Waals surface area contributed by atoms with Gasteiger partial charge in [0.1, 0.15) is 0 Å². The average molecular weight is 349 g/mol. The van der Waals surface area contributed by atoms with E-state index in [2.05, 4.69) is 10.6 Å². The van der Waals surface area contributed by atoms with Crippen molar-refractivity contribution >= 4 is 28.9 Å². The van der Waals surface area contributed by atoms with Gasteiger partial charge in [-0.05, 0) is 43.2 Å². The molecule has 5 nitrogen and oxygen atoms in total. The Kier molecular flexibility index (Phi) is 5.93. The number of aryl methyl sites for hydroxylation is 2. The zero-order valence-corrected chi connectivity index (χ0v) is 15.0. The number of benzene rings is 2. The third kappa shape index (κ3) is 4.32. The lowest BCUT2D eigenvalue weighted by Crippen LogP contribution is -2.22. The van der Waals surface area contributed by atoms with Crippen molar-refractivity contribution in [3.05, 3.63) is 46.5 Å². The summed E-state index contributed by atoms with van der Waals surface area (Å²) < 4.78 is 10.4. The van der Waals surface area contributed by atoms with Gasteiger partial charge in [-0.3, -0.25) is 4.79 Å². The number of hydrogen-bond acceptors (Lipinski definition) is 4. The van der Waals surface area contributed by atoms with Gasteiger partial charge in [0.05, 0.1) is 31.5 Å². The molecule has 0 aliphatic rings. The molecule has 6 heteroatoms. The zero-order valence-electron chi connectivity index (χ0n) is 14.2. The van der Waals surface area contributed by atoms with Crippen molar-refractivity contribution in [2.45, 2.75) is 13.8 Å². The maximum atomic E-state index is 12.1. The van der Waals surface area contributed by atoms with Gasteiger partial charge in [0.2, 0.25) is 5.91 Å². The molecule has 0 aliphatic heterocycles. The number of amides is 1. The van der Waals surface area contributed by atoms with Crippen LogP contribution >= 0.6 is 11.6 Å². The summed E-state index contributed by atoms with van der Waals surface area (Å²) >= 11 is 6.23. The predicted octanol–water partition coefficient (Wildman–Crippen LogP) is 4.02. The summed E-state index contributed by atoms with van der Waals surface area (Å²) in [4.78, 5) is 12.1. The summed E-state index contributed by atoms with van der Waals surface area (Å²) in [7, 11) is 3.11. The van der Waals surface area contributed by atoms with E-state index in [0.717, 1.165) is 16.8 Å². The van der Waals surface area contributed by atoms with Crippen LogP contribution in [0.5, 0.6) is 11.5 Å². The number of anilines is 2. The second kappa shape index (κ2) is 7.93. The fraction of sp³-hybridized carbons (Fsp3) is 0.278. The minimum absolute atomic E-state index is 0.109. The van der Waals surface area contributed by atoms with Crippen molar-refractivity contribution < 1.29 is 14.3 Å². The standard InChI is InChI=1S/C18H21ClN2O3/c1-11-7-12(2)18(14(19)8-11)20-10-17(22)21-13-5-6-15(23-3)16(9-13)24-4/h5-9,20H,10H2,1-4H3,(H,21,22). The van der Waals surface area contributed by atoms with Crippen molar-refractivity contribution in [2.75, 3.05) is 31.4 Å². The molecule has 0 fully saturated rings. The minimum Gasteiger partial charge on any atom is -0.493 e. The maximum absolute atomic E-state index is 12.1. The van der Waals surface area contributed by atoms with Gasteiger partial charge >= 0.3 is 0 Å². The highest BCUT2D eigenvalue weighted by Gasteiger charge is 2.10. The number of methoxy groups -OCH3 is 2. The molecule has 0 saturated carbocycles. The lowest BCUT2D eigenvalue weighted by atomic mass is 10.1. The third-order valence-corrected chi connectivity index (χ3v) is 3.82. The molecule has 0 atom stereocenters. The molecule has 2 aromatic rings. The molecule has 0 saturated heterocycles. The summed E-state index contributed by atoms with van der Waals surface area (Å²) in [5.74, 6) is 0.981. The van der Waals surface area contributed by atoms with E-state index in [0.29, 0.717) is 22.2 Å². The first-order chi connectivity index (χ1) is 11.4. The Morgan fingerprint density at radius 3 is 2.42 bits per heavy atom. The van der Waals surface area contributed by atoms with E-state index in [1.54, 1.807) is 32.4 Å². The third-order valence-electron chi connectivity index (χ3n) is 3.52. The molecule has 0 aromatic heterocycles. The first-order valence-electron chi connectivity index (χ1n) is 7.47. The molecule has 24 heavy (non-hydrogen) atoms. The Morgan fingerprint density at radius 2 is 1.79 bits per heavy atom. The van der Waals surface area contributed by atoms with Crippen LogP contribution < -0.4 is 20.1 Å². The van der Waals surface area contributed by atoms with E-state index in [4.69, 9.17) is 21.1 Å². The number of carbonyl (C=O) groups excluding carboxylic acids is 1. The van der Waals surface area contributed by atoms with Crippen molar-refractivity contribution in [1.29, 1.82) is 0 Å². The lowest BCUT2D eigenvalue weighted by Gasteiger charge is -2.13. The Hall–Kier alpha value is -2.40. The summed E-state index contributed by atoms with van der Waals surface area (Å²) in [5, 5.41) is 6.49. The van der Waals surface area contributed by atoms with E-state index in [1.807, 2.05) is 26.0 Å². The molecule has 2 N–H and O–H groups in total. The normalized spacial score (nSPS) is 10.2. The molecule has 0 heterocycles. The molecule has 0 unspecified atom stereocenters. The number of ether oxygens (including phenoxy) is 2. The zero-order chi connectivity index (χ0) is 17.7. The lowest BCUT2D eigenvalue weighted by molar-refractivity contribution is -0.114. The Labute approximate surface area is 146 Å². The summed E-state index contributed by atoms with van der Waals surface area (Å²) in [5.41, 5.74) is 3.48. The quantitative estimate of drug-likeness (QED) is 0.827. The van der Waals surface area contributed by atoms with Crippen LogP contribution in [-0.4, -0.2) is 26.7 Å². The topological polar surface area (TPSA) is 59.6 Å². The van der Waals surface area contributed by atoms with Gasteiger partial charge < -0.3 is 20.1 Å². The van der Waals surface area contributed by atoms with Crippen molar-refractivity contribution in [3.8, 4) is 11.5 Å². The van der Waals surface area contributed by atoms with Crippen LogP contribution in [0.25, 0.3) is 0 Å². The first-order valence-corrected chi connectivity index (χ1v) is 7.85. The molecule has 0 spiro atoms. The highest BCUT2D eigenvalue weighted by Crippen LogP contribution is 2.30. The molecule has 128 valence electrons.